The van der Waals surface area contributed by atoms with Crippen molar-refractivity contribution in [1.82, 2.24) is 9.78 Å². The highest BCUT2D eigenvalue weighted by Crippen LogP contribution is 2.39. The van der Waals surface area contributed by atoms with Gasteiger partial charge in [-0.05, 0) is 23.6 Å². The lowest BCUT2D eigenvalue weighted by atomic mass is 10.0. The van der Waals surface area contributed by atoms with Crippen LogP contribution in [-0.2, 0) is 12.3 Å². The summed E-state index contributed by atoms with van der Waals surface area (Å²) in [6, 6.07) is 21.2. The fourth-order valence-corrected chi connectivity index (χ4v) is 4.41. The molecule has 3 aromatic rings. The predicted octanol–water partition coefficient (Wildman–Crippen LogP) is 5.75. The molecule has 0 N–H and O–H groups in total. The number of aromatic nitrogens is 2. The van der Waals surface area contributed by atoms with Crippen molar-refractivity contribution in [3.8, 4) is 11.3 Å². The molecule has 0 radical (unpaired) electrons. The highest BCUT2D eigenvalue weighted by Gasteiger charge is 2.25. The fraction of sp³-hybridized carbons (Fsp3) is 0.227. The SMILES string of the molecule is CCCn1nc(-c2ccccc2)c2c1/C(=C/c1ccccc1)CSC2. The van der Waals surface area contributed by atoms with Crippen LogP contribution in [0.15, 0.2) is 60.7 Å². The molecule has 0 unspecified atom stereocenters. The van der Waals surface area contributed by atoms with Crippen LogP contribution < -0.4 is 0 Å². The van der Waals surface area contributed by atoms with Crippen molar-refractivity contribution in [3.05, 3.63) is 77.5 Å². The molecule has 1 aliphatic rings. The first-order chi connectivity index (χ1) is 12.4. The summed E-state index contributed by atoms with van der Waals surface area (Å²) in [5.74, 6) is 2.08. The van der Waals surface area contributed by atoms with E-state index in [1.807, 2.05) is 11.8 Å². The summed E-state index contributed by atoms with van der Waals surface area (Å²) in [6.45, 7) is 3.18. The third kappa shape index (κ3) is 3.29. The summed E-state index contributed by atoms with van der Waals surface area (Å²) in [4.78, 5) is 0. The van der Waals surface area contributed by atoms with Crippen molar-refractivity contribution in [1.29, 1.82) is 0 Å². The Morgan fingerprint density at radius 2 is 1.72 bits per heavy atom. The van der Waals surface area contributed by atoms with Crippen LogP contribution in [0.5, 0.6) is 0 Å². The zero-order chi connectivity index (χ0) is 17.1. The van der Waals surface area contributed by atoms with Crippen LogP contribution >= 0.6 is 11.8 Å². The van der Waals surface area contributed by atoms with Gasteiger partial charge in [-0.1, -0.05) is 67.6 Å². The summed E-state index contributed by atoms with van der Waals surface area (Å²) < 4.78 is 2.23. The number of thioether (sulfide) groups is 1. The normalized spacial score (nSPS) is 15.3. The molecule has 0 spiro atoms. The van der Waals surface area contributed by atoms with Crippen LogP contribution in [-0.4, -0.2) is 15.5 Å². The van der Waals surface area contributed by atoms with E-state index in [2.05, 4.69) is 78.3 Å². The first kappa shape index (κ1) is 16.2. The van der Waals surface area contributed by atoms with E-state index in [0.29, 0.717) is 0 Å². The maximum absolute atomic E-state index is 5.01. The zero-order valence-electron chi connectivity index (χ0n) is 14.5. The van der Waals surface area contributed by atoms with Gasteiger partial charge in [0.15, 0.2) is 0 Å². The molecule has 0 saturated heterocycles. The Morgan fingerprint density at radius 3 is 2.44 bits per heavy atom. The Bertz CT molecular complexity index is 879. The minimum Gasteiger partial charge on any atom is -0.264 e. The number of fused-ring (bicyclic) bond motifs is 1. The molecule has 0 atom stereocenters. The van der Waals surface area contributed by atoms with E-state index in [0.717, 1.165) is 30.2 Å². The Labute approximate surface area is 153 Å². The van der Waals surface area contributed by atoms with Crippen LogP contribution in [0.2, 0.25) is 0 Å². The molecule has 1 aliphatic heterocycles. The highest BCUT2D eigenvalue weighted by molar-refractivity contribution is 7.99. The summed E-state index contributed by atoms with van der Waals surface area (Å²) in [5.41, 5.74) is 7.74. The minimum absolute atomic E-state index is 0.964. The second-order valence-corrected chi connectivity index (χ2v) is 7.32. The highest BCUT2D eigenvalue weighted by atomic mass is 32.2. The average Bonchev–Trinajstić information content (AvgIpc) is 3.03. The number of rotatable bonds is 4. The molecule has 126 valence electrons. The minimum atomic E-state index is 0.964. The van der Waals surface area contributed by atoms with E-state index in [-0.39, 0.29) is 0 Å². The van der Waals surface area contributed by atoms with E-state index in [4.69, 9.17) is 5.10 Å². The predicted molar refractivity (Wildman–Crippen MR) is 108 cm³/mol. The van der Waals surface area contributed by atoms with Crippen molar-refractivity contribution < 1.29 is 0 Å². The molecule has 3 heteroatoms. The van der Waals surface area contributed by atoms with Gasteiger partial charge in [-0.3, -0.25) is 4.68 Å². The number of aryl methyl sites for hydroxylation is 1. The van der Waals surface area contributed by atoms with Gasteiger partial charge >= 0.3 is 0 Å². The molecule has 0 aliphatic carbocycles. The van der Waals surface area contributed by atoms with Crippen LogP contribution in [0.3, 0.4) is 0 Å². The fourth-order valence-electron chi connectivity index (χ4n) is 3.39. The van der Waals surface area contributed by atoms with Gasteiger partial charge in [0.25, 0.3) is 0 Å². The van der Waals surface area contributed by atoms with E-state index in [1.54, 1.807) is 0 Å². The lowest BCUT2D eigenvalue weighted by Crippen LogP contribution is -2.09. The smallest absolute Gasteiger partial charge is 0.0970 e. The number of hydrogen-bond acceptors (Lipinski definition) is 2. The average molecular weight is 346 g/mol. The molecule has 25 heavy (non-hydrogen) atoms. The lowest BCUT2D eigenvalue weighted by Gasteiger charge is -2.18. The maximum Gasteiger partial charge on any atom is 0.0970 e. The molecular weight excluding hydrogens is 324 g/mol. The molecule has 0 bridgehead atoms. The second kappa shape index (κ2) is 7.32. The summed E-state index contributed by atoms with van der Waals surface area (Å²) >= 11 is 1.98. The molecular formula is C22H22N2S. The van der Waals surface area contributed by atoms with Crippen LogP contribution in [0.4, 0.5) is 0 Å². The second-order valence-electron chi connectivity index (χ2n) is 6.34. The van der Waals surface area contributed by atoms with Crippen molar-refractivity contribution in [3.63, 3.8) is 0 Å². The van der Waals surface area contributed by atoms with Crippen molar-refractivity contribution in [2.24, 2.45) is 0 Å². The Balaban J connectivity index is 1.86. The molecule has 1 aromatic heterocycles. The van der Waals surface area contributed by atoms with Gasteiger partial charge in [-0.15, -0.1) is 0 Å². The zero-order valence-corrected chi connectivity index (χ0v) is 15.3. The standard InChI is InChI=1S/C22H22N2S/c1-2-13-24-22-19(14-17-9-5-3-6-10-17)15-25-16-20(22)21(23-24)18-11-7-4-8-12-18/h3-12,14H,2,13,15-16H2,1H3/b19-14+. The molecule has 2 heterocycles. The Kier molecular flexibility index (Phi) is 4.75. The van der Waals surface area contributed by atoms with Gasteiger partial charge in [0.05, 0.1) is 11.4 Å². The number of benzene rings is 2. The van der Waals surface area contributed by atoms with E-state index < -0.39 is 0 Å². The van der Waals surface area contributed by atoms with E-state index in [1.165, 1.54) is 28.0 Å². The van der Waals surface area contributed by atoms with Crippen molar-refractivity contribution >= 4 is 23.4 Å². The quantitative estimate of drug-likeness (QED) is 0.599. The summed E-state index contributed by atoms with van der Waals surface area (Å²) in [5, 5.41) is 5.01. The summed E-state index contributed by atoms with van der Waals surface area (Å²) in [6.07, 6.45) is 3.42. The Hall–Kier alpha value is -2.26. The van der Waals surface area contributed by atoms with Gasteiger partial charge in [0.2, 0.25) is 0 Å². The molecule has 2 nitrogen and oxygen atoms in total. The molecule has 2 aromatic carbocycles. The molecule has 0 amide bonds. The Morgan fingerprint density at radius 1 is 1.00 bits per heavy atom. The van der Waals surface area contributed by atoms with Gasteiger partial charge < -0.3 is 0 Å². The van der Waals surface area contributed by atoms with E-state index >= 15 is 0 Å². The largest absolute Gasteiger partial charge is 0.264 e. The van der Waals surface area contributed by atoms with E-state index in [9.17, 15) is 0 Å². The van der Waals surface area contributed by atoms with Gasteiger partial charge in [0.1, 0.15) is 0 Å². The first-order valence-corrected chi connectivity index (χ1v) is 10.0. The number of hydrogen-bond donors (Lipinski definition) is 0. The van der Waals surface area contributed by atoms with Crippen molar-refractivity contribution in [2.45, 2.75) is 25.6 Å². The van der Waals surface area contributed by atoms with Crippen molar-refractivity contribution in [2.75, 3.05) is 5.75 Å². The first-order valence-electron chi connectivity index (χ1n) is 8.85. The third-order valence-corrected chi connectivity index (χ3v) is 5.49. The van der Waals surface area contributed by atoms with Crippen LogP contribution in [0.25, 0.3) is 22.9 Å². The third-order valence-electron chi connectivity index (χ3n) is 4.48. The van der Waals surface area contributed by atoms with Gasteiger partial charge in [-0.25, -0.2) is 0 Å². The monoisotopic (exact) mass is 346 g/mol. The molecule has 0 saturated carbocycles. The summed E-state index contributed by atoms with van der Waals surface area (Å²) in [7, 11) is 0. The topological polar surface area (TPSA) is 17.8 Å². The van der Waals surface area contributed by atoms with Crippen LogP contribution in [0.1, 0.15) is 30.2 Å². The van der Waals surface area contributed by atoms with Crippen LogP contribution in [0, 0.1) is 0 Å². The van der Waals surface area contributed by atoms with Gasteiger partial charge in [-0.2, -0.15) is 16.9 Å². The molecule has 4 rings (SSSR count). The molecule has 0 fully saturated rings. The number of nitrogens with zero attached hydrogens (tertiary/aromatic N) is 2. The lowest BCUT2D eigenvalue weighted by molar-refractivity contribution is 0.597. The maximum atomic E-state index is 5.01. The van der Waals surface area contributed by atoms with Gasteiger partial charge in [0, 0.05) is 29.2 Å².